The third kappa shape index (κ3) is 4.94. The Labute approximate surface area is 309 Å². The summed E-state index contributed by atoms with van der Waals surface area (Å²) >= 11 is 0. The molecule has 10 rings (SSSR count). The van der Waals surface area contributed by atoms with Gasteiger partial charge in [-0.2, -0.15) is 0 Å². The zero-order valence-electron chi connectivity index (χ0n) is 36.2. The molecule has 0 atom stereocenters. The van der Waals surface area contributed by atoms with Gasteiger partial charge in [-0.3, -0.25) is 0 Å². The first kappa shape index (κ1) is 21.4. The lowest BCUT2D eigenvalue weighted by Gasteiger charge is -2.18. The lowest BCUT2D eigenvalue weighted by atomic mass is 9.84. The molecule has 1 nitrogen and oxygen atoms in total. The van der Waals surface area contributed by atoms with Gasteiger partial charge in [-0.1, -0.05) is 176 Å². The van der Waals surface area contributed by atoms with Crippen molar-refractivity contribution in [2.45, 2.75) is 0 Å². The highest BCUT2D eigenvalue weighted by Gasteiger charge is 2.20. The third-order valence-corrected chi connectivity index (χ3v) is 9.64. The lowest BCUT2D eigenvalue weighted by molar-refractivity contribution is 0.669. The van der Waals surface area contributed by atoms with Gasteiger partial charge in [-0.05, 0) is 95.4 Å². The molecule has 0 radical (unpaired) electrons. The molecule has 0 unspecified atom stereocenters. The molecule has 9 aromatic carbocycles. The van der Waals surface area contributed by atoms with Crippen molar-refractivity contribution in [2.75, 3.05) is 0 Å². The van der Waals surface area contributed by atoms with E-state index in [9.17, 15) is 5.48 Å². The second kappa shape index (κ2) is 12.0. The maximum absolute atomic E-state index is 9.49. The molecule has 0 N–H and O–H groups in total. The molecule has 1 aromatic heterocycles. The van der Waals surface area contributed by atoms with Gasteiger partial charge in [0, 0.05) is 10.8 Å². The van der Waals surface area contributed by atoms with Crippen LogP contribution in [0.3, 0.4) is 0 Å². The lowest BCUT2D eigenvalue weighted by Crippen LogP contribution is -1.91. The monoisotopic (exact) mass is 657 g/mol. The fourth-order valence-corrected chi connectivity index (χ4v) is 7.31. The average Bonchev–Trinajstić information content (AvgIpc) is 3.66. The number of rotatable bonds is 5. The summed E-state index contributed by atoms with van der Waals surface area (Å²) in [5, 5.41) is 5.28. The Morgan fingerprint density at radius 1 is 0.333 bits per heavy atom. The van der Waals surface area contributed by atoms with Gasteiger partial charge < -0.3 is 4.42 Å². The van der Waals surface area contributed by atoms with Crippen molar-refractivity contribution in [3.63, 3.8) is 0 Å². The Hall–Kier alpha value is -6.70. The molecule has 0 aliphatic heterocycles. The quantitative estimate of drug-likeness (QED) is 0.168. The Bertz CT molecular complexity index is 3290. The standard InChI is InChI=1S/C50H32O/c1-3-12-33(13-4-1)35-22-24-36(25-23-35)37-26-28-38(29-27-37)48-40-16-7-9-18-42(40)49(43-19-10-8-17-41(43)48)44-20-11-21-47-50(44)45-32-39(30-31-46(45)51-47)34-14-5-2-6-15-34/h1-32H/i1D,3D,4D,12D,13D,26D,27D,28D,29D. The van der Waals surface area contributed by atoms with Crippen molar-refractivity contribution in [1.82, 2.24) is 0 Å². The summed E-state index contributed by atoms with van der Waals surface area (Å²) < 4.78 is 85.0. The number of fused-ring (bicyclic) bond motifs is 5. The molecule has 0 amide bonds. The SMILES string of the molecule is [2H]c1c([2H])c([2H])c(-c2ccc(-c3c([2H])c([2H])c(-c4c5ccccc5c(-c5cccc6oc7ccc(-c8ccccc8)cc7c56)c5ccccc45)c([2H])c3[2H])cc2)c([2H])c1[2H]. The third-order valence-electron chi connectivity index (χ3n) is 9.64. The molecule has 0 saturated carbocycles. The van der Waals surface area contributed by atoms with E-state index >= 15 is 0 Å². The molecule has 51 heavy (non-hydrogen) atoms. The summed E-state index contributed by atoms with van der Waals surface area (Å²) in [4.78, 5) is 0. The molecule has 238 valence electrons. The number of furan rings is 1. The Morgan fingerprint density at radius 2 is 0.863 bits per heavy atom. The summed E-state index contributed by atoms with van der Waals surface area (Å²) in [6.07, 6.45) is 0. The van der Waals surface area contributed by atoms with Crippen LogP contribution in [0.2, 0.25) is 0 Å². The van der Waals surface area contributed by atoms with Crippen LogP contribution in [0.1, 0.15) is 12.3 Å². The molecule has 1 heterocycles. The van der Waals surface area contributed by atoms with Gasteiger partial charge >= 0.3 is 0 Å². The first-order valence-electron chi connectivity index (χ1n) is 21.3. The molecule has 1 heteroatoms. The van der Waals surface area contributed by atoms with Crippen LogP contribution in [-0.4, -0.2) is 0 Å². The summed E-state index contributed by atoms with van der Waals surface area (Å²) in [6, 6.07) is 41.9. The second-order valence-electron chi connectivity index (χ2n) is 12.5. The van der Waals surface area contributed by atoms with Gasteiger partial charge in [-0.15, -0.1) is 0 Å². The molecular formula is C50H32O. The van der Waals surface area contributed by atoms with Crippen LogP contribution in [0.25, 0.3) is 99.1 Å². The van der Waals surface area contributed by atoms with E-state index in [1.54, 1.807) is 24.3 Å². The number of benzene rings is 9. The van der Waals surface area contributed by atoms with E-state index in [1.807, 2.05) is 84.9 Å². The van der Waals surface area contributed by atoms with Crippen molar-refractivity contribution in [3.8, 4) is 55.6 Å². The van der Waals surface area contributed by atoms with Crippen LogP contribution in [0, 0.1) is 0 Å². The Kier molecular flexibility index (Phi) is 5.04. The molecule has 0 bridgehead atoms. The van der Waals surface area contributed by atoms with Crippen LogP contribution in [0.4, 0.5) is 0 Å². The zero-order chi connectivity index (χ0) is 41.6. The minimum absolute atomic E-state index is 0.0405. The first-order valence-corrected chi connectivity index (χ1v) is 16.8. The van der Waals surface area contributed by atoms with Crippen LogP contribution in [-0.2, 0) is 0 Å². The summed E-state index contributed by atoms with van der Waals surface area (Å²) in [5.41, 5.74) is 7.32. The maximum Gasteiger partial charge on any atom is 0.136 e. The maximum atomic E-state index is 9.49. The molecule has 0 saturated heterocycles. The molecule has 0 aliphatic carbocycles. The number of hydrogen-bond acceptors (Lipinski definition) is 1. The van der Waals surface area contributed by atoms with Gasteiger partial charge in [0.2, 0.25) is 0 Å². The predicted molar refractivity (Wildman–Crippen MR) is 216 cm³/mol. The molecule has 0 fully saturated rings. The first-order chi connectivity index (χ1) is 29.0. The van der Waals surface area contributed by atoms with Gasteiger partial charge in [-0.25, -0.2) is 0 Å². The predicted octanol–water partition coefficient (Wildman–Crippen LogP) is 14.2. The number of hydrogen-bond donors (Lipinski definition) is 0. The fourth-order valence-electron chi connectivity index (χ4n) is 7.31. The smallest absolute Gasteiger partial charge is 0.136 e. The van der Waals surface area contributed by atoms with E-state index in [-0.39, 0.29) is 52.9 Å². The van der Waals surface area contributed by atoms with Crippen molar-refractivity contribution in [3.05, 3.63) is 194 Å². The van der Waals surface area contributed by atoms with Crippen LogP contribution in [0.15, 0.2) is 198 Å². The van der Waals surface area contributed by atoms with E-state index in [1.165, 1.54) is 0 Å². The summed E-state index contributed by atoms with van der Waals surface area (Å²) in [6.45, 7) is 0. The minimum atomic E-state index is -0.481. The van der Waals surface area contributed by atoms with Crippen molar-refractivity contribution < 1.29 is 16.8 Å². The Morgan fingerprint density at radius 3 is 1.51 bits per heavy atom. The van der Waals surface area contributed by atoms with Crippen LogP contribution in [0.5, 0.6) is 0 Å². The summed E-state index contributed by atoms with van der Waals surface area (Å²) in [5.74, 6) is 0. The van der Waals surface area contributed by atoms with Gasteiger partial charge in [0.15, 0.2) is 0 Å². The normalized spacial score (nSPS) is 14.0. The highest BCUT2D eigenvalue weighted by atomic mass is 16.3. The highest BCUT2D eigenvalue weighted by Crippen LogP contribution is 2.47. The molecule has 0 aliphatic rings. The van der Waals surface area contributed by atoms with E-state index < -0.39 is 18.1 Å². The van der Waals surface area contributed by atoms with E-state index in [0.29, 0.717) is 16.7 Å². The van der Waals surface area contributed by atoms with Gasteiger partial charge in [0.25, 0.3) is 0 Å². The van der Waals surface area contributed by atoms with Crippen molar-refractivity contribution >= 4 is 43.5 Å². The van der Waals surface area contributed by atoms with E-state index in [4.69, 9.17) is 11.3 Å². The van der Waals surface area contributed by atoms with E-state index in [0.717, 1.165) is 65.7 Å². The molecule has 10 aromatic rings. The average molecular weight is 658 g/mol. The highest BCUT2D eigenvalue weighted by molar-refractivity contribution is 6.25. The van der Waals surface area contributed by atoms with Crippen molar-refractivity contribution in [2.24, 2.45) is 0 Å². The van der Waals surface area contributed by atoms with Gasteiger partial charge in [0.05, 0.1) is 12.3 Å². The van der Waals surface area contributed by atoms with Crippen LogP contribution >= 0.6 is 0 Å². The molecule has 0 spiro atoms. The topological polar surface area (TPSA) is 13.1 Å². The summed E-state index contributed by atoms with van der Waals surface area (Å²) in [7, 11) is 0. The second-order valence-corrected chi connectivity index (χ2v) is 12.5. The van der Waals surface area contributed by atoms with Crippen LogP contribution < -0.4 is 0 Å². The Balaban J connectivity index is 1.18. The molecular weight excluding hydrogens is 617 g/mol. The van der Waals surface area contributed by atoms with Crippen molar-refractivity contribution in [1.29, 1.82) is 0 Å². The largest absolute Gasteiger partial charge is 0.456 e. The minimum Gasteiger partial charge on any atom is -0.456 e. The van der Waals surface area contributed by atoms with E-state index in [2.05, 4.69) is 30.3 Å². The fraction of sp³-hybridized carbons (Fsp3) is 0. The van der Waals surface area contributed by atoms with Gasteiger partial charge in [0.1, 0.15) is 11.2 Å². The zero-order valence-corrected chi connectivity index (χ0v) is 27.2.